The molecule has 1 rings (SSSR count). The molecule has 1 aliphatic heterocycles. The molecule has 12 nitrogen and oxygen atoms in total. The molecule has 0 aromatic rings. The standard InChI is InChI=1S/C26H51NO11/c1-2-3-4-5-6-7-8-9-10-11-12-13-14-27-25(36)22(34)21(33)24(17(30)15-28)38-26-23(35)20(32)19(31)18(16-29)37-26/h17-24,26,28-35H,2-16H2,1H3,(H,27,36)/t17-,18?,19-,20?,21-,22-,23?,24-,26+/m1/s1. The maximum atomic E-state index is 12.3. The lowest BCUT2D eigenvalue weighted by Gasteiger charge is -2.42. The lowest BCUT2D eigenvalue weighted by Crippen LogP contribution is -2.62. The van der Waals surface area contributed by atoms with Gasteiger partial charge in [0.25, 0.3) is 5.91 Å². The fourth-order valence-corrected chi connectivity index (χ4v) is 4.45. The molecule has 9 atom stereocenters. The van der Waals surface area contributed by atoms with E-state index in [0.717, 1.165) is 19.3 Å². The molecule has 3 unspecified atom stereocenters. The normalized spacial score (nSPS) is 27.0. The molecule has 226 valence electrons. The van der Waals surface area contributed by atoms with E-state index < -0.39 is 74.2 Å². The zero-order valence-corrected chi connectivity index (χ0v) is 22.6. The summed E-state index contributed by atoms with van der Waals surface area (Å²) in [6.45, 7) is 0.834. The van der Waals surface area contributed by atoms with Gasteiger partial charge in [0.1, 0.15) is 42.7 Å². The van der Waals surface area contributed by atoms with Gasteiger partial charge in [-0.15, -0.1) is 0 Å². The summed E-state index contributed by atoms with van der Waals surface area (Å²) in [4.78, 5) is 12.3. The van der Waals surface area contributed by atoms with E-state index in [-0.39, 0.29) is 6.54 Å². The summed E-state index contributed by atoms with van der Waals surface area (Å²) in [7, 11) is 0. The minimum atomic E-state index is -2.04. The summed E-state index contributed by atoms with van der Waals surface area (Å²) in [6, 6.07) is 0. The van der Waals surface area contributed by atoms with Gasteiger partial charge in [0, 0.05) is 6.54 Å². The fourth-order valence-electron chi connectivity index (χ4n) is 4.45. The molecule has 0 aromatic carbocycles. The fraction of sp³-hybridized carbons (Fsp3) is 0.962. The van der Waals surface area contributed by atoms with E-state index in [1.54, 1.807) is 0 Å². The smallest absolute Gasteiger partial charge is 0.251 e. The van der Waals surface area contributed by atoms with Gasteiger partial charge in [0.05, 0.1) is 13.2 Å². The van der Waals surface area contributed by atoms with Crippen molar-refractivity contribution in [1.82, 2.24) is 5.32 Å². The van der Waals surface area contributed by atoms with Crippen LogP contribution in [0.3, 0.4) is 0 Å². The SMILES string of the molecule is CCCCCCCCCCCCCCNC(=O)[C@H](O)[C@@H](O)[C@H](O[C@@H]1OC(CO)[C@@H](O)C(O)C1O)[C@H](O)CO. The number of nitrogens with one attached hydrogen (secondary N) is 1. The number of carbonyl (C=O) groups excluding carboxylic acids is 1. The Bertz CT molecular complexity index is 612. The minimum Gasteiger partial charge on any atom is -0.394 e. The van der Waals surface area contributed by atoms with Crippen molar-refractivity contribution in [3.63, 3.8) is 0 Å². The first-order valence-corrected chi connectivity index (χ1v) is 14.1. The molecule has 1 fully saturated rings. The van der Waals surface area contributed by atoms with Gasteiger partial charge in [-0.3, -0.25) is 4.79 Å². The summed E-state index contributed by atoms with van der Waals surface area (Å²) >= 11 is 0. The number of amides is 1. The quantitative estimate of drug-likeness (QED) is 0.0792. The highest BCUT2D eigenvalue weighted by atomic mass is 16.7. The first-order chi connectivity index (χ1) is 18.2. The number of aliphatic hydroxyl groups is 8. The van der Waals surface area contributed by atoms with E-state index >= 15 is 0 Å². The van der Waals surface area contributed by atoms with E-state index in [0.29, 0.717) is 6.42 Å². The van der Waals surface area contributed by atoms with Crippen LogP contribution in [0, 0.1) is 0 Å². The second kappa shape index (κ2) is 20.0. The number of unbranched alkanes of at least 4 members (excludes halogenated alkanes) is 11. The second-order valence-corrected chi connectivity index (χ2v) is 10.2. The monoisotopic (exact) mass is 553 g/mol. The lowest BCUT2D eigenvalue weighted by molar-refractivity contribution is -0.326. The Morgan fingerprint density at radius 3 is 1.84 bits per heavy atom. The Labute approximate surface area is 225 Å². The molecule has 12 heteroatoms. The van der Waals surface area contributed by atoms with Crippen LogP contribution in [0.4, 0.5) is 0 Å². The van der Waals surface area contributed by atoms with Crippen LogP contribution >= 0.6 is 0 Å². The zero-order valence-electron chi connectivity index (χ0n) is 22.6. The Kier molecular flexibility index (Phi) is 18.5. The van der Waals surface area contributed by atoms with Crippen molar-refractivity contribution in [1.29, 1.82) is 0 Å². The number of aliphatic hydroxyl groups excluding tert-OH is 8. The minimum absolute atomic E-state index is 0.279. The van der Waals surface area contributed by atoms with E-state index in [1.807, 2.05) is 0 Å². The van der Waals surface area contributed by atoms with Crippen LogP contribution in [0.2, 0.25) is 0 Å². The summed E-state index contributed by atoms with van der Waals surface area (Å²) in [5.41, 5.74) is 0. The Morgan fingerprint density at radius 1 is 0.816 bits per heavy atom. The highest BCUT2D eigenvalue weighted by Crippen LogP contribution is 2.25. The third-order valence-electron chi connectivity index (χ3n) is 6.96. The third-order valence-corrected chi connectivity index (χ3v) is 6.96. The number of rotatable bonds is 21. The molecule has 0 saturated carbocycles. The van der Waals surface area contributed by atoms with Crippen molar-refractivity contribution >= 4 is 5.91 Å². The van der Waals surface area contributed by atoms with E-state index in [1.165, 1.54) is 51.4 Å². The first-order valence-electron chi connectivity index (χ1n) is 14.1. The Morgan fingerprint density at radius 2 is 1.34 bits per heavy atom. The summed E-state index contributed by atoms with van der Waals surface area (Å²) < 4.78 is 10.5. The van der Waals surface area contributed by atoms with Crippen molar-refractivity contribution < 1.29 is 55.1 Å². The van der Waals surface area contributed by atoms with Gasteiger partial charge in [0.15, 0.2) is 12.4 Å². The largest absolute Gasteiger partial charge is 0.394 e. The molecule has 1 heterocycles. The number of ether oxygens (including phenoxy) is 2. The topological polar surface area (TPSA) is 209 Å². The maximum Gasteiger partial charge on any atom is 0.251 e. The highest BCUT2D eigenvalue weighted by molar-refractivity contribution is 5.81. The van der Waals surface area contributed by atoms with Gasteiger partial charge < -0.3 is 55.6 Å². The molecule has 0 aliphatic carbocycles. The van der Waals surface area contributed by atoms with Crippen molar-refractivity contribution in [2.45, 2.75) is 139 Å². The van der Waals surface area contributed by atoms with Gasteiger partial charge in [0.2, 0.25) is 0 Å². The van der Waals surface area contributed by atoms with Gasteiger partial charge in [-0.05, 0) is 6.42 Å². The van der Waals surface area contributed by atoms with Crippen LogP contribution in [0.1, 0.15) is 84.0 Å². The molecular weight excluding hydrogens is 502 g/mol. The lowest BCUT2D eigenvalue weighted by atomic mass is 9.98. The molecule has 0 aromatic heterocycles. The average molecular weight is 554 g/mol. The maximum absolute atomic E-state index is 12.3. The Balaban J connectivity index is 2.40. The number of hydrogen-bond donors (Lipinski definition) is 9. The first kappa shape index (κ1) is 35.1. The van der Waals surface area contributed by atoms with Gasteiger partial charge in [-0.1, -0.05) is 77.6 Å². The average Bonchev–Trinajstić information content (AvgIpc) is 2.92. The zero-order chi connectivity index (χ0) is 28.5. The predicted octanol–water partition coefficient (Wildman–Crippen LogP) is -0.936. The molecule has 1 aliphatic rings. The molecule has 38 heavy (non-hydrogen) atoms. The molecule has 9 N–H and O–H groups in total. The summed E-state index contributed by atoms with van der Waals surface area (Å²) in [6.07, 6.45) is -2.07. The van der Waals surface area contributed by atoms with Crippen LogP contribution in [0.25, 0.3) is 0 Å². The van der Waals surface area contributed by atoms with E-state index in [4.69, 9.17) is 9.47 Å². The van der Waals surface area contributed by atoms with Crippen LogP contribution < -0.4 is 5.32 Å². The second-order valence-electron chi connectivity index (χ2n) is 10.2. The molecule has 0 spiro atoms. The van der Waals surface area contributed by atoms with Gasteiger partial charge in [-0.2, -0.15) is 0 Å². The highest BCUT2D eigenvalue weighted by Gasteiger charge is 2.47. The Hall–Kier alpha value is -0.930. The molecular formula is C26H51NO11. The third kappa shape index (κ3) is 12.1. The van der Waals surface area contributed by atoms with Crippen molar-refractivity contribution in [3.8, 4) is 0 Å². The van der Waals surface area contributed by atoms with Gasteiger partial charge >= 0.3 is 0 Å². The molecule has 0 radical (unpaired) electrons. The molecule has 1 amide bonds. The van der Waals surface area contributed by atoms with Crippen molar-refractivity contribution in [2.24, 2.45) is 0 Å². The number of carbonyl (C=O) groups is 1. The number of hydrogen-bond acceptors (Lipinski definition) is 11. The van der Waals surface area contributed by atoms with E-state index in [9.17, 15) is 45.6 Å². The van der Waals surface area contributed by atoms with Crippen LogP contribution in [-0.2, 0) is 14.3 Å². The van der Waals surface area contributed by atoms with Crippen LogP contribution in [0.15, 0.2) is 0 Å². The van der Waals surface area contributed by atoms with Crippen LogP contribution in [-0.4, -0.2) is 122 Å². The van der Waals surface area contributed by atoms with Crippen LogP contribution in [0.5, 0.6) is 0 Å². The molecule has 1 saturated heterocycles. The summed E-state index contributed by atoms with van der Waals surface area (Å²) in [5.74, 6) is -0.909. The van der Waals surface area contributed by atoms with Crippen molar-refractivity contribution in [2.75, 3.05) is 19.8 Å². The van der Waals surface area contributed by atoms with Gasteiger partial charge in [-0.25, -0.2) is 0 Å². The summed E-state index contributed by atoms with van der Waals surface area (Å²) in [5, 5.41) is 82.0. The molecule has 0 bridgehead atoms. The van der Waals surface area contributed by atoms with E-state index in [2.05, 4.69) is 12.2 Å². The predicted molar refractivity (Wildman–Crippen MR) is 138 cm³/mol. The van der Waals surface area contributed by atoms with Crippen molar-refractivity contribution in [3.05, 3.63) is 0 Å².